The highest BCUT2D eigenvalue weighted by atomic mass is 16.7. The van der Waals surface area contributed by atoms with E-state index in [4.69, 9.17) is 9.47 Å². The number of carbonyl (C=O) groups excluding carboxylic acids is 1. The van der Waals surface area contributed by atoms with E-state index >= 15 is 0 Å². The van der Waals surface area contributed by atoms with Crippen molar-refractivity contribution in [2.75, 3.05) is 0 Å². The third-order valence-electron chi connectivity index (χ3n) is 1.63. The first-order valence-corrected chi connectivity index (χ1v) is 6.99. The van der Waals surface area contributed by atoms with Crippen molar-refractivity contribution in [2.45, 2.75) is 34.6 Å². The summed E-state index contributed by atoms with van der Waals surface area (Å²) < 4.78 is 9.73. The van der Waals surface area contributed by atoms with Gasteiger partial charge in [-0.15, -0.1) is 13.2 Å². The molecule has 0 aliphatic carbocycles. The molecule has 0 fully saturated rings. The first kappa shape index (κ1) is 23.8. The summed E-state index contributed by atoms with van der Waals surface area (Å²) in [6.45, 7) is 19.2. The number of para-hydroxylation sites is 1. The van der Waals surface area contributed by atoms with Crippen LogP contribution in [0.15, 0.2) is 68.0 Å². The van der Waals surface area contributed by atoms with Crippen LogP contribution in [0.1, 0.15) is 34.6 Å². The van der Waals surface area contributed by atoms with Crippen LogP contribution in [-0.4, -0.2) is 6.16 Å². The maximum Gasteiger partial charge on any atom is 0.519 e. The molecular weight excluding hydrogens is 264 g/mol. The molecule has 0 saturated heterocycles. The SMILES string of the molecule is C=C.C=C/C(=C\C)OC(=O)Oc1ccccc1.CC.CC. The van der Waals surface area contributed by atoms with Crippen molar-refractivity contribution in [3.05, 3.63) is 68.0 Å². The molecule has 3 heteroatoms. The van der Waals surface area contributed by atoms with Gasteiger partial charge >= 0.3 is 6.16 Å². The molecule has 0 aliphatic heterocycles. The van der Waals surface area contributed by atoms with Crippen molar-refractivity contribution < 1.29 is 14.3 Å². The number of benzene rings is 1. The molecule has 1 aromatic rings. The van der Waals surface area contributed by atoms with Crippen LogP contribution in [-0.2, 0) is 4.74 Å². The Morgan fingerprint density at radius 3 is 1.90 bits per heavy atom. The Balaban J connectivity index is -0.000000478. The smallest absolute Gasteiger partial charge is 0.395 e. The van der Waals surface area contributed by atoms with E-state index in [9.17, 15) is 4.79 Å². The molecule has 21 heavy (non-hydrogen) atoms. The molecule has 0 unspecified atom stereocenters. The second-order valence-corrected chi connectivity index (χ2v) is 2.66. The first-order chi connectivity index (χ1) is 10.3. The van der Waals surface area contributed by atoms with Gasteiger partial charge in [-0.05, 0) is 31.2 Å². The van der Waals surface area contributed by atoms with E-state index in [1.165, 1.54) is 6.08 Å². The molecule has 3 nitrogen and oxygen atoms in total. The molecule has 0 aromatic heterocycles. The third-order valence-corrected chi connectivity index (χ3v) is 1.63. The quantitative estimate of drug-likeness (QED) is 0.220. The standard InChI is InChI=1S/C12H12O3.2C2H6.C2H4/c1-3-10(4-2)14-12(13)15-11-8-6-5-7-9-11;3*1-2/h3-9H,1H2,2H3;2*1-2H3;1-2H2/b10-4+;;;. The van der Waals surface area contributed by atoms with Crippen LogP contribution in [0.25, 0.3) is 0 Å². The van der Waals surface area contributed by atoms with Gasteiger partial charge in [-0.1, -0.05) is 52.5 Å². The first-order valence-electron chi connectivity index (χ1n) is 6.99. The Kier molecular flexibility index (Phi) is 22.7. The summed E-state index contributed by atoms with van der Waals surface area (Å²) in [7, 11) is 0. The molecular formula is C18H28O3. The third kappa shape index (κ3) is 13.9. The lowest BCUT2D eigenvalue weighted by molar-refractivity contribution is 0.129. The van der Waals surface area contributed by atoms with E-state index in [1.807, 2.05) is 33.8 Å². The van der Waals surface area contributed by atoms with Crippen LogP contribution < -0.4 is 4.74 Å². The molecule has 0 heterocycles. The van der Waals surface area contributed by atoms with E-state index < -0.39 is 6.16 Å². The Labute approximate surface area is 129 Å². The molecule has 118 valence electrons. The van der Waals surface area contributed by atoms with Gasteiger partial charge in [0.1, 0.15) is 11.5 Å². The van der Waals surface area contributed by atoms with Crippen LogP contribution in [0.3, 0.4) is 0 Å². The van der Waals surface area contributed by atoms with Gasteiger partial charge in [0.2, 0.25) is 0 Å². The summed E-state index contributed by atoms with van der Waals surface area (Å²) in [5.74, 6) is 0.818. The normalized spacial score (nSPS) is 8.33. The van der Waals surface area contributed by atoms with Gasteiger partial charge in [-0.25, -0.2) is 4.79 Å². The zero-order chi connectivity index (χ0) is 17.1. The molecule has 1 aromatic carbocycles. The fraction of sp³-hybridized carbons (Fsp3) is 0.278. The van der Waals surface area contributed by atoms with Gasteiger partial charge in [0.25, 0.3) is 0 Å². The van der Waals surface area contributed by atoms with Crippen LogP contribution in [0, 0.1) is 0 Å². The number of allylic oxidation sites excluding steroid dienone is 2. The van der Waals surface area contributed by atoms with Gasteiger partial charge < -0.3 is 9.47 Å². The molecule has 0 spiro atoms. The number of carbonyl (C=O) groups is 1. The van der Waals surface area contributed by atoms with Crippen molar-refractivity contribution >= 4 is 6.16 Å². The van der Waals surface area contributed by atoms with Crippen LogP contribution >= 0.6 is 0 Å². The number of hydrogen-bond donors (Lipinski definition) is 0. The number of rotatable bonds is 3. The van der Waals surface area contributed by atoms with E-state index in [-0.39, 0.29) is 0 Å². The number of ether oxygens (including phenoxy) is 2. The zero-order valence-electron chi connectivity index (χ0n) is 13.9. The van der Waals surface area contributed by atoms with Gasteiger partial charge in [0.05, 0.1) is 0 Å². The van der Waals surface area contributed by atoms with Crippen molar-refractivity contribution in [1.29, 1.82) is 0 Å². The zero-order valence-corrected chi connectivity index (χ0v) is 13.9. The summed E-state index contributed by atoms with van der Waals surface area (Å²) in [6, 6.07) is 8.72. The lowest BCUT2D eigenvalue weighted by Gasteiger charge is -2.04. The van der Waals surface area contributed by atoms with Crippen molar-refractivity contribution in [1.82, 2.24) is 0 Å². The average molecular weight is 292 g/mol. The molecule has 0 radical (unpaired) electrons. The lowest BCUT2D eigenvalue weighted by Crippen LogP contribution is -2.09. The Morgan fingerprint density at radius 1 is 1.05 bits per heavy atom. The maximum atomic E-state index is 11.2. The fourth-order valence-corrected chi connectivity index (χ4v) is 0.920. The summed E-state index contributed by atoms with van der Waals surface area (Å²) >= 11 is 0. The van der Waals surface area contributed by atoms with Crippen molar-refractivity contribution in [3.63, 3.8) is 0 Å². The average Bonchev–Trinajstić information content (AvgIpc) is 2.59. The molecule has 0 aliphatic rings. The Morgan fingerprint density at radius 2 is 1.52 bits per heavy atom. The van der Waals surface area contributed by atoms with E-state index in [2.05, 4.69) is 19.7 Å². The van der Waals surface area contributed by atoms with Gasteiger partial charge in [-0.2, -0.15) is 0 Å². The number of hydrogen-bond acceptors (Lipinski definition) is 3. The highest BCUT2D eigenvalue weighted by Gasteiger charge is 2.06. The minimum absolute atomic E-state index is 0.371. The topological polar surface area (TPSA) is 35.5 Å². The Bertz CT molecular complexity index is 381. The summed E-state index contributed by atoms with van der Waals surface area (Å²) in [6.07, 6.45) is 2.29. The molecule has 0 N–H and O–H groups in total. The van der Waals surface area contributed by atoms with Gasteiger partial charge in [-0.3, -0.25) is 0 Å². The second-order valence-electron chi connectivity index (χ2n) is 2.66. The second kappa shape index (κ2) is 20.0. The predicted molar refractivity (Wildman–Crippen MR) is 91.5 cm³/mol. The molecule has 0 atom stereocenters. The van der Waals surface area contributed by atoms with Crippen LogP contribution in [0.2, 0.25) is 0 Å². The molecule has 0 amide bonds. The van der Waals surface area contributed by atoms with Crippen molar-refractivity contribution in [2.24, 2.45) is 0 Å². The summed E-state index contributed by atoms with van der Waals surface area (Å²) in [5.41, 5.74) is 0. The minimum Gasteiger partial charge on any atom is -0.395 e. The summed E-state index contributed by atoms with van der Waals surface area (Å²) in [5, 5.41) is 0. The highest BCUT2D eigenvalue weighted by Crippen LogP contribution is 2.10. The fourth-order valence-electron chi connectivity index (χ4n) is 0.920. The lowest BCUT2D eigenvalue weighted by atomic mass is 10.3. The summed E-state index contributed by atoms with van der Waals surface area (Å²) in [4.78, 5) is 11.2. The van der Waals surface area contributed by atoms with E-state index in [0.29, 0.717) is 11.5 Å². The van der Waals surface area contributed by atoms with Gasteiger partial charge in [0, 0.05) is 0 Å². The van der Waals surface area contributed by atoms with Gasteiger partial charge in [0.15, 0.2) is 0 Å². The molecule has 0 saturated carbocycles. The molecule has 0 bridgehead atoms. The largest absolute Gasteiger partial charge is 0.519 e. The Hall–Kier alpha value is -2.29. The van der Waals surface area contributed by atoms with Crippen molar-refractivity contribution in [3.8, 4) is 5.75 Å². The monoisotopic (exact) mass is 292 g/mol. The van der Waals surface area contributed by atoms with Crippen LogP contribution in [0.5, 0.6) is 5.75 Å². The molecule has 1 rings (SSSR count). The maximum absolute atomic E-state index is 11.2. The minimum atomic E-state index is -0.769. The van der Waals surface area contributed by atoms with E-state index in [1.54, 1.807) is 37.3 Å². The van der Waals surface area contributed by atoms with Crippen LogP contribution in [0.4, 0.5) is 4.79 Å². The predicted octanol–water partition coefficient (Wildman–Crippen LogP) is 6.15. The van der Waals surface area contributed by atoms with E-state index in [0.717, 1.165) is 0 Å². The highest BCUT2D eigenvalue weighted by molar-refractivity contribution is 5.65.